The summed E-state index contributed by atoms with van der Waals surface area (Å²) in [5.74, 6) is 1.92. The number of guanidine groups is 1. The molecule has 29 heavy (non-hydrogen) atoms. The van der Waals surface area contributed by atoms with E-state index in [0.29, 0.717) is 0 Å². The molecular formula is C21H32IN5OS. The van der Waals surface area contributed by atoms with Crippen LogP contribution in [0.25, 0.3) is 0 Å². The van der Waals surface area contributed by atoms with Crippen LogP contribution < -0.4 is 15.0 Å². The minimum Gasteiger partial charge on any atom is -0.497 e. The SMILES string of the molecule is CCNC(=NCCc1sc(C)nc1C)N1CCN(c2ccc(OC)cc2)CC1.I. The molecule has 8 heteroatoms. The van der Waals surface area contributed by atoms with E-state index < -0.39 is 0 Å². The van der Waals surface area contributed by atoms with Gasteiger partial charge >= 0.3 is 0 Å². The van der Waals surface area contributed by atoms with E-state index in [1.807, 2.05) is 12.1 Å². The van der Waals surface area contributed by atoms with Crippen molar-refractivity contribution >= 4 is 47.0 Å². The topological polar surface area (TPSA) is 53.0 Å². The fourth-order valence-electron chi connectivity index (χ4n) is 3.46. The number of aliphatic imine (C=N–C) groups is 1. The van der Waals surface area contributed by atoms with E-state index in [-0.39, 0.29) is 24.0 Å². The lowest BCUT2D eigenvalue weighted by atomic mass is 10.2. The number of piperazine rings is 1. The first-order valence-corrected chi connectivity index (χ1v) is 10.8. The number of aryl methyl sites for hydroxylation is 2. The van der Waals surface area contributed by atoms with Gasteiger partial charge in [-0.15, -0.1) is 35.3 Å². The van der Waals surface area contributed by atoms with Gasteiger partial charge in [-0.1, -0.05) is 0 Å². The highest BCUT2D eigenvalue weighted by atomic mass is 127. The summed E-state index contributed by atoms with van der Waals surface area (Å²) in [7, 11) is 1.70. The van der Waals surface area contributed by atoms with E-state index in [9.17, 15) is 0 Å². The smallest absolute Gasteiger partial charge is 0.194 e. The van der Waals surface area contributed by atoms with Crippen LogP contribution in [0.5, 0.6) is 5.75 Å². The predicted molar refractivity (Wildman–Crippen MR) is 133 cm³/mol. The third-order valence-electron chi connectivity index (χ3n) is 4.95. The van der Waals surface area contributed by atoms with Gasteiger partial charge in [-0.3, -0.25) is 4.99 Å². The lowest BCUT2D eigenvalue weighted by Crippen LogP contribution is -2.52. The summed E-state index contributed by atoms with van der Waals surface area (Å²) in [6.07, 6.45) is 0.956. The first-order chi connectivity index (χ1) is 13.6. The lowest BCUT2D eigenvalue weighted by Gasteiger charge is -2.37. The van der Waals surface area contributed by atoms with Gasteiger partial charge in [-0.05, 0) is 45.0 Å². The number of aromatic nitrogens is 1. The minimum absolute atomic E-state index is 0. The molecule has 1 aliphatic rings. The quantitative estimate of drug-likeness (QED) is 0.351. The molecule has 0 unspecified atom stereocenters. The Balaban J connectivity index is 0.00000300. The maximum Gasteiger partial charge on any atom is 0.194 e. The number of methoxy groups -OCH3 is 1. The van der Waals surface area contributed by atoms with E-state index in [2.05, 4.69) is 53.0 Å². The van der Waals surface area contributed by atoms with Crippen molar-refractivity contribution in [2.45, 2.75) is 27.2 Å². The number of hydrogen-bond acceptors (Lipinski definition) is 5. The zero-order valence-corrected chi connectivity index (χ0v) is 20.9. The fourth-order valence-corrected chi connectivity index (χ4v) is 4.39. The Morgan fingerprint density at radius 1 is 1.17 bits per heavy atom. The number of hydrogen-bond donors (Lipinski definition) is 1. The van der Waals surface area contributed by atoms with E-state index in [4.69, 9.17) is 9.73 Å². The predicted octanol–water partition coefficient (Wildman–Crippen LogP) is 3.72. The van der Waals surface area contributed by atoms with E-state index >= 15 is 0 Å². The Bertz CT molecular complexity index is 785. The molecule has 2 heterocycles. The van der Waals surface area contributed by atoms with Gasteiger partial charge in [-0.2, -0.15) is 0 Å². The largest absolute Gasteiger partial charge is 0.497 e. The van der Waals surface area contributed by atoms with Crippen LogP contribution in [0, 0.1) is 13.8 Å². The van der Waals surface area contributed by atoms with Crippen molar-refractivity contribution in [1.82, 2.24) is 15.2 Å². The van der Waals surface area contributed by atoms with Crippen LogP contribution in [-0.2, 0) is 6.42 Å². The lowest BCUT2D eigenvalue weighted by molar-refractivity contribution is 0.372. The number of benzene rings is 1. The highest BCUT2D eigenvalue weighted by Gasteiger charge is 2.20. The standard InChI is InChI=1S/C21H31N5OS.HI/c1-5-22-21(23-11-10-20-16(2)24-17(3)28-20)26-14-12-25(13-15-26)18-6-8-19(27-4)9-7-18;/h6-9H,5,10-15H2,1-4H3,(H,22,23);1H. The monoisotopic (exact) mass is 529 g/mol. The highest BCUT2D eigenvalue weighted by molar-refractivity contribution is 14.0. The Kier molecular flexibility index (Phi) is 9.48. The van der Waals surface area contributed by atoms with Gasteiger partial charge in [0.2, 0.25) is 0 Å². The Labute approximate surface area is 195 Å². The average Bonchev–Trinajstić information content (AvgIpc) is 3.04. The van der Waals surface area contributed by atoms with Crippen molar-refractivity contribution in [3.05, 3.63) is 39.8 Å². The third-order valence-corrected chi connectivity index (χ3v) is 6.08. The average molecular weight is 529 g/mol. The molecular weight excluding hydrogens is 497 g/mol. The van der Waals surface area contributed by atoms with Crippen molar-refractivity contribution in [2.24, 2.45) is 4.99 Å². The normalized spacial score (nSPS) is 14.6. The van der Waals surface area contributed by atoms with Gasteiger partial charge in [0, 0.05) is 56.3 Å². The van der Waals surface area contributed by atoms with E-state index in [0.717, 1.165) is 68.1 Å². The first-order valence-electron chi connectivity index (χ1n) is 9.96. The molecule has 1 aliphatic heterocycles. The number of halogens is 1. The van der Waals surface area contributed by atoms with Crippen LogP contribution in [0.15, 0.2) is 29.3 Å². The van der Waals surface area contributed by atoms with Crippen molar-refractivity contribution in [1.29, 1.82) is 0 Å². The third kappa shape index (κ3) is 6.47. The van der Waals surface area contributed by atoms with E-state index in [1.54, 1.807) is 18.4 Å². The number of rotatable bonds is 6. The zero-order chi connectivity index (χ0) is 19.9. The van der Waals surface area contributed by atoms with Crippen LogP contribution in [0.3, 0.4) is 0 Å². The summed E-state index contributed by atoms with van der Waals surface area (Å²) in [6.45, 7) is 11.9. The fraction of sp³-hybridized carbons (Fsp3) is 0.524. The van der Waals surface area contributed by atoms with E-state index in [1.165, 1.54) is 10.6 Å². The maximum atomic E-state index is 5.26. The van der Waals surface area contributed by atoms with Gasteiger partial charge in [-0.25, -0.2) is 4.98 Å². The van der Waals surface area contributed by atoms with Gasteiger partial charge in [0.15, 0.2) is 5.96 Å². The molecule has 6 nitrogen and oxygen atoms in total. The Hall–Kier alpha value is -1.55. The number of ether oxygens (including phenoxy) is 1. The minimum atomic E-state index is 0. The van der Waals surface area contributed by atoms with Crippen LogP contribution >= 0.6 is 35.3 Å². The van der Waals surface area contributed by atoms with Gasteiger partial charge in [0.05, 0.1) is 17.8 Å². The molecule has 0 amide bonds. The highest BCUT2D eigenvalue weighted by Crippen LogP contribution is 2.21. The van der Waals surface area contributed by atoms with Crippen LogP contribution in [0.1, 0.15) is 22.5 Å². The summed E-state index contributed by atoms with van der Waals surface area (Å²) < 4.78 is 5.26. The Morgan fingerprint density at radius 2 is 1.86 bits per heavy atom. The number of nitrogens with zero attached hydrogens (tertiary/aromatic N) is 4. The van der Waals surface area contributed by atoms with Crippen LogP contribution in [0.2, 0.25) is 0 Å². The van der Waals surface area contributed by atoms with Crippen molar-refractivity contribution in [3.63, 3.8) is 0 Å². The van der Waals surface area contributed by atoms with Gasteiger partial charge in [0.25, 0.3) is 0 Å². The molecule has 1 aromatic heterocycles. The molecule has 3 rings (SSSR count). The van der Waals surface area contributed by atoms with Gasteiger partial charge in [0.1, 0.15) is 5.75 Å². The molecule has 1 N–H and O–H groups in total. The summed E-state index contributed by atoms with van der Waals surface area (Å²) in [6, 6.07) is 8.31. The maximum absolute atomic E-state index is 5.26. The molecule has 0 atom stereocenters. The van der Waals surface area contributed by atoms with Crippen molar-refractivity contribution in [3.8, 4) is 5.75 Å². The molecule has 1 saturated heterocycles. The van der Waals surface area contributed by atoms with Gasteiger partial charge < -0.3 is 19.9 Å². The zero-order valence-electron chi connectivity index (χ0n) is 17.8. The number of anilines is 1. The molecule has 0 bridgehead atoms. The summed E-state index contributed by atoms with van der Waals surface area (Å²) in [5, 5.41) is 4.59. The second-order valence-electron chi connectivity index (χ2n) is 6.90. The van der Waals surface area contributed by atoms with Crippen LogP contribution in [-0.4, -0.2) is 62.2 Å². The molecule has 1 fully saturated rings. The van der Waals surface area contributed by atoms with Crippen molar-refractivity contribution < 1.29 is 4.74 Å². The Morgan fingerprint density at radius 3 is 2.41 bits per heavy atom. The number of nitrogens with one attached hydrogen (secondary N) is 1. The summed E-state index contributed by atoms with van der Waals surface area (Å²) in [4.78, 5) is 15.5. The molecule has 0 saturated carbocycles. The molecule has 1 aromatic carbocycles. The molecule has 2 aromatic rings. The number of thiazole rings is 1. The first kappa shape index (κ1) is 23.7. The molecule has 0 radical (unpaired) electrons. The molecule has 0 aliphatic carbocycles. The summed E-state index contributed by atoms with van der Waals surface area (Å²) >= 11 is 1.79. The summed E-state index contributed by atoms with van der Waals surface area (Å²) in [5.41, 5.74) is 2.40. The second-order valence-corrected chi connectivity index (χ2v) is 8.19. The molecule has 160 valence electrons. The second kappa shape index (κ2) is 11.6. The van der Waals surface area contributed by atoms with Crippen molar-refractivity contribution in [2.75, 3.05) is 51.3 Å². The van der Waals surface area contributed by atoms with Crippen LogP contribution in [0.4, 0.5) is 5.69 Å². The molecule has 0 spiro atoms.